The molecule has 0 atom stereocenters. The third-order valence-corrected chi connectivity index (χ3v) is 11.3. The van der Waals surface area contributed by atoms with Crippen LogP contribution in [0.1, 0.15) is 37.5 Å². The van der Waals surface area contributed by atoms with E-state index in [1.165, 1.54) is 49.0 Å². The van der Waals surface area contributed by atoms with Gasteiger partial charge in [0.1, 0.15) is 0 Å². The summed E-state index contributed by atoms with van der Waals surface area (Å²) in [7, 11) is 0. The maximum Gasteiger partial charge on any atom is 0.0561 e. The minimum atomic E-state index is 0.0304. The molecular weight excluding hydrogens is 667 g/mol. The Morgan fingerprint density at radius 2 is 0.764 bits per heavy atom. The highest BCUT2D eigenvalue weighted by molar-refractivity contribution is 6.29. The highest BCUT2D eigenvalue weighted by Gasteiger charge is 2.27. The molecule has 0 aliphatic carbocycles. The van der Waals surface area contributed by atoms with E-state index < -0.39 is 0 Å². The van der Waals surface area contributed by atoms with Crippen molar-refractivity contribution in [2.24, 2.45) is 0 Å². The molecule has 3 heteroatoms. The van der Waals surface area contributed by atoms with Crippen molar-refractivity contribution < 1.29 is 0 Å². The van der Waals surface area contributed by atoms with Gasteiger partial charge in [-0.3, -0.25) is 0 Å². The Morgan fingerprint density at radius 1 is 0.345 bits per heavy atom. The van der Waals surface area contributed by atoms with E-state index in [0.29, 0.717) is 0 Å². The third kappa shape index (κ3) is 5.50. The number of nitrogens with zero attached hydrogens (tertiary/aromatic N) is 3. The van der Waals surface area contributed by atoms with Crippen molar-refractivity contribution in [2.75, 3.05) is 14.7 Å². The van der Waals surface area contributed by atoms with Crippen LogP contribution < -0.4 is 14.7 Å². The second kappa shape index (κ2) is 12.5. The maximum atomic E-state index is 2.46. The van der Waals surface area contributed by atoms with Gasteiger partial charge in [0.2, 0.25) is 0 Å². The van der Waals surface area contributed by atoms with E-state index in [2.05, 4.69) is 219 Å². The quantitative estimate of drug-likeness (QED) is 0.169. The lowest BCUT2D eigenvalue weighted by atomic mass is 9.83. The van der Waals surface area contributed by atoms with Gasteiger partial charge in [-0.15, -0.1) is 0 Å². The van der Waals surface area contributed by atoms with E-state index in [1.807, 2.05) is 0 Å². The van der Waals surface area contributed by atoms with Crippen LogP contribution in [0, 0.1) is 13.8 Å². The number of hydrogen-bond acceptors (Lipinski definition) is 3. The first kappa shape index (κ1) is 33.0. The second-order valence-corrected chi connectivity index (χ2v) is 16.1. The molecule has 0 saturated heterocycles. The van der Waals surface area contributed by atoms with Crippen LogP contribution in [0.4, 0.5) is 51.2 Å². The van der Waals surface area contributed by atoms with Gasteiger partial charge in [-0.25, -0.2) is 0 Å². The number of anilines is 9. The maximum absolute atomic E-state index is 2.46. The number of para-hydroxylation sites is 1. The predicted molar refractivity (Wildman–Crippen MR) is 236 cm³/mol. The Morgan fingerprint density at radius 3 is 1.22 bits per heavy atom. The lowest BCUT2D eigenvalue weighted by Gasteiger charge is -2.35. The van der Waals surface area contributed by atoms with Crippen LogP contribution in [0.5, 0.6) is 0 Å². The number of fused-ring (bicyclic) bond motifs is 8. The van der Waals surface area contributed by atoms with Crippen molar-refractivity contribution in [3.05, 3.63) is 187 Å². The molecule has 1 aliphatic heterocycles. The van der Waals surface area contributed by atoms with Gasteiger partial charge in [-0.1, -0.05) is 123 Å². The molecule has 10 rings (SSSR count). The predicted octanol–water partition coefficient (Wildman–Crippen LogP) is 15.2. The standard InChI is InChI=1S/C52H43N3/c1-34-17-23-40(24-18-34)54-44-15-9-13-42(31-44)53(39-11-7-6-8-12-39)43-14-10-16-45(32-43)55(41-25-19-35(2)20-26-41)49-33-48(54)46-27-21-36-29-38(52(3,4)5)30-37-22-28-47(49)51(46)50(36)37/h6-33H,1-5H3. The minimum Gasteiger partial charge on any atom is -0.310 e. The van der Waals surface area contributed by atoms with Crippen molar-refractivity contribution in [3.8, 4) is 0 Å². The van der Waals surface area contributed by atoms with Crippen LogP contribution in [0.25, 0.3) is 32.3 Å². The van der Waals surface area contributed by atoms with E-state index in [1.54, 1.807) is 0 Å². The molecule has 9 aromatic rings. The number of benzene rings is 9. The lowest BCUT2D eigenvalue weighted by molar-refractivity contribution is 0.591. The van der Waals surface area contributed by atoms with Crippen molar-refractivity contribution in [2.45, 2.75) is 40.0 Å². The SMILES string of the molecule is Cc1ccc(N2c3cccc(c3)N(c3ccccc3)c3cccc(c3)N(c3ccc(C)cc3)c3cc2c2ccc4cc(C(C)(C)C)cc5ccc3c2c45)cc1. The summed E-state index contributed by atoms with van der Waals surface area (Å²) in [6.45, 7) is 11.2. The van der Waals surface area contributed by atoms with Gasteiger partial charge in [0.05, 0.1) is 11.4 Å². The first-order valence-corrected chi connectivity index (χ1v) is 19.3. The molecule has 0 aromatic heterocycles. The molecule has 0 saturated carbocycles. The minimum absolute atomic E-state index is 0.0304. The number of aryl methyl sites for hydroxylation is 2. The monoisotopic (exact) mass is 709 g/mol. The molecule has 9 aromatic carbocycles. The van der Waals surface area contributed by atoms with Gasteiger partial charge in [-0.05, 0) is 120 Å². The van der Waals surface area contributed by atoms with Crippen molar-refractivity contribution in [1.29, 1.82) is 0 Å². The summed E-state index contributed by atoms with van der Waals surface area (Å²) >= 11 is 0. The Kier molecular flexibility index (Phi) is 7.50. The zero-order chi connectivity index (χ0) is 37.4. The van der Waals surface area contributed by atoms with Crippen LogP contribution in [-0.2, 0) is 5.41 Å². The molecule has 1 heterocycles. The third-order valence-electron chi connectivity index (χ3n) is 11.3. The second-order valence-electron chi connectivity index (χ2n) is 16.1. The largest absolute Gasteiger partial charge is 0.310 e. The summed E-state index contributed by atoms with van der Waals surface area (Å²) in [5.41, 5.74) is 13.8. The van der Waals surface area contributed by atoms with Crippen molar-refractivity contribution in [3.63, 3.8) is 0 Å². The smallest absolute Gasteiger partial charge is 0.0561 e. The summed E-state index contributed by atoms with van der Waals surface area (Å²) in [5, 5.41) is 7.59. The molecule has 0 amide bonds. The molecule has 55 heavy (non-hydrogen) atoms. The highest BCUT2D eigenvalue weighted by atomic mass is 15.2. The normalized spacial score (nSPS) is 13.1. The Labute approximate surface area is 323 Å². The molecule has 0 spiro atoms. The Bertz CT molecular complexity index is 2700. The molecule has 1 aliphatic rings. The van der Waals surface area contributed by atoms with Gasteiger partial charge < -0.3 is 14.7 Å². The average Bonchev–Trinajstić information content (AvgIpc) is 3.19. The zero-order valence-electron chi connectivity index (χ0n) is 32.0. The first-order chi connectivity index (χ1) is 26.7. The summed E-state index contributed by atoms with van der Waals surface area (Å²) in [5.74, 6) is 0. The van der Waals surface area contributed by atoms with E-state index in [0.717, 1.165) is 51.2 Å². The van der Waals surface area contributed by atoms with Crippen LogP contribution in [0.2, 0.25) is 0 Å². The fraction of sp³-hybridized carbons (Fsp3) is 0.115. The van der Waals surface area contributed by atoms with E-state index >= 15 is 0 Å². The zero-order valence-corrected chi connectivity index (χ0v) is 32.0. The number of hydrogen-bond donors (Lipinski definition) is 0. The fourth-order valence-corrected chi connectivity index (χ4v) is 8.49. The van der Waals surface area contributed by atoms with Crippen LogP contribution in [0.3, 0.4) is 0 Å². The molecule has 3 nitrogen and oxygen atoms in total. The van der Waals surface area contributed by atoms with Crippen LogP contribution >= 0.6 is 0 Å². The van der Waals surface area contributed by atoms with Gasteiger partial charge in [-0.2, -0.15) is 0 Å². The molecule has 0 N–H and O–H groups in total. The molecule has 0 unspecified atom stereocenters. The Hall–Kier alpha value is -6.58. The summed E-state index contributed by atoms with van der Waals surface area (Å²) < 4.78 is 0. The van der Waals surface area contributed by atoms with Crippen LogP contribution in [0.15, 0.2) is 170 Å². The Balaban J connectivity index is 1.39. The number of rotatable bonds is 3. The molecule has 0 fully saturated rings. The summed E-state index contributed by atoms with van der Waals surface area (Å²) in [4.78, 5) is 7.30. The lowest BCUT2D eigenvalue weighted by Crippen LogP contribution is -2.17. The molecule has 6 bridgehead atoms. The van der Waals surface area contributed by atoms with E-state index in [4.69, 9.17) is 0 Å². The van der Waals surface area contributed by atoms with E-state index in [9.17, 15) is 0 Å². The van der Waals surface area contributed by atoms with Gasteiger partial charge >= 0.3 is 0 Å². The van der Waals surface area contributed by atoms with Gasteiger partial charge in [0, 0.05) is 56.0 Å². The first-order valence-electron chi connectivity index (χ1n) is 19.3. The van der Waals surface area contributed by atoms with E-state index in [-0.39, 0.29) is 5.41 Å². The topological polar surface area (TPSA) is 9.72 Å². The van der Waals surface area contributed by atoms with Crippen molar-refractivity contribution >= 4 is 83.5 Å². The van der Waals surface area contributed by atoms with Crippen molar-refractivity contribution in [1.82, 2.24) is 0 Å². The van der Waals surface area contributed by atoms with Crippen LogP contribution in [-0.4, -0.2) is 0 Å². The average molecular weight is 710 g/mol. The highest BCUT2D eigenvalue weighted by Crippen LogP contribution is 2.52. The fourth-order valence-electron chi connectivity index (χ4n) is 8.49. The summed E-state index contributed by atoms with van der Waals surface area (Å²) in [6.07, 6.45) is 0. The molecular formula is C52H43N3. The molecule has 0 radical (unpaired) electrons. The molecule has 266 valence electrons. The summed E-state index contributed by atoms with van der Waals surface area (Å²) in [6, 6.07) is 63.3. The van der Waals surface area contributed by atoms with Gasteiger partial charge in [0.25, 0.3) is 0 Å². The van der Waals surface area contributed by atoms with Gasteiger partial charge in [0.15, 0.2) is 0 Å².